The van der Waals surface area contributed by atoms with E-state index in [0.29, 0.717) is 47.2 Å². The highest BCUT2D eigenvalue weighted by atomic mass is 16.5. The van der Waals surface area contributed by atoms with E-state index in [4.69, 9.17) is 9.47 Å². The van der Waals surface area contributed by atoms with Gasteiger partial charge in [0.15, 0.2) is 0 Å². The van der Waals surface area contributed by atoms with Gasteiger partial charge < -0.3 is 20.1 Å². The first kappa shape index (κ1) is 21.8. The summed E-state index contributed by atoms with van der Waals surface area (Å²) in [4.78, 5) is 29.2. The third-order valence-corrected chi connectivity index (χ3v) is 4.43. The number of rotatable bonds is 8. The number of nitrogens with zero attached hydrogens (tertiary/aromatic N) is 1. The number of carbonyl (C=O) groups excluding carboxylic acids is 2. The molecule has 0 saturated heterocycles. The fourth-order valence-electron chi connectivity index (χ4n) is 2.90. The molecule has 2 amide bonds. The highest BCUT2D eigenvalue weighted by molar-refractivity contribution is 6.07. The number of amides is 2. The zero-order valence-corrected chi connectivity index (χ0v) is 17.8. The van der Waals surface area contributed by atoms with Crippen LogP contribution in [0.15, 0.2) is 60.9 Å². The topological polar surface area (TPSA) is 89.5 Å². The minimum atomic E-state index is -0.303. The highest BCUT2D eigenvalue weighted by Crippen LogP contribution is 2.37. The largest absolute Gasteiger partial charge is 0.492 e. The number of hydrogen-bond acceptors (Lipinski definition) is 5. The van der Waals surface area contributed by atoms with Crippen LogP contribution in [0.25, 0.3) is 0 Å². The molecule has 0 unspecified atom stereocenters. The summed E-state index contributed by atoms with van der Waals surface area (Å²) in [5.74, 6) is 0.281. The van der Waals surface area contributed by atoms with Crippen molar-refractivity contribution in [3.63, 3.8) is 0 Å². The summed E-state index contributed by atoms with van der Waals surface area (Å²) in [6.07, 6.45) is 3.10. The van der Waals surface area contributed by atoms with Gasteiger partial charge in [0.05, 0.1) is 24.6 Å². The maximum atomic E-state index is 12.7. The Labute approximate surface area is 181 Å². The van der Waals surface area contributed by atoms with Crippen molar-refractivity contribution in [1.29, 1.82) is 0 Å². The van der Waals surface area contributed by atoms with Crippen LogP contribution in [-0.4, -0.2) is 30.0 Å². The fraction of sp³-hybridized carbons (Fsp3) is 0.208. The van der Waals surface area contributed by atoms with Gasteiger partial charge in [-0.2, -0.15) is 0 Å². The molecule has 0 atom stereocenters. The molecule has 7 heteroatoms. The van der Waals surface area contributed by atoms with Gasteiger partial charge in [0.1, 0.15) is 11.5 Å². The maximum absolute atomic E-state index is 12.7. The third kappa shape index (κ3) is 5.60. The molecule has 2 N–H and O–H groups in total. The van der Waals surface area contributed by atoms with Gasteiger partial charge in [-0.25, -0.2) is 0 Å². The zero-order valence-electron chi connectivity index (χ0n) is 17.8. The molecular weight excluding hydrogens is 394 g/mol. The molecule has 0 aliphatic heterocycles. The van der Waals surface area contributed by atoms with E-state index in [1.165, 1.54) is 0 Å². The quantitative estimate of drug-likeness (QED) is 0.553. The van der Waals surface area contributed by atoms with Crippen molar-refractivity contribution in [1.82, 2.24) is 4.98 Å². The predicted octanol–water partition coefficient (Wildman–Crippen LogP) is 4.69. The van der Waals surface area contributed by atoms with E-state index in [2.05, 4.69) is 15.6 Å². The normalized spacial score (nSPS) is 10.3. The Morgan fingerprint density at radius 1 is 0.774 bits per heavy atom. The Balaban J connectivity index is 1.92. The fourth-order valence-corrected chi connectivity index (χ4v) is 2.90. The molecule has 0 spiro atoms. The first-order chi connectivity index (χ1) is 15.0. The van der Waals surface area contributed by atoms with Crippen LogP contribution in [0, 0.1) is 6.92 Å². The van der Waals surface area contributed by atoms with Crippen molar-refractivity contribution in [2.24, 2.45) is 0 Å². The second-order valence-electron chi connectivity index (χ2n) is 6.72. The zero-order chi connectivity index (χ0) is 22.2. The van der Waals surface area contributed by atoms with E-state index in [1.54, 1.807) is 48.8 Å². The summed E-state index contributed by atoms with van der Waals surface area (Å²) in [5.41, 5.74) is 2.96. The van der Waals surface area contributed by atoms with Gasteiger partial charge in [-0.05, 0) is 45.0 Å². The molecule has 0 bridgehead atoms. The summed E-state index contributed by atoms with van der Waals surface area (Å²) >= 11 is 0. The molecule has 3 rings (SSSR count). The van der Waals surface area contributed by atoms with E-state index < -0.39 is 0 Å². The number of nitrogens with one attached hydrogen (secondary N) is 2. The van der Waals surface area contributed by atoms with Crippen molar-refractivity contribution >= 4 is 23.2 Å². The van der Waals surface area contributed by atoms with Crippen molar-refractivity contribution < 1.29 is 19.1 Å². The van der Waals surface area contributed by atoms with Crippen molar-refractivity contribution in [2.75, 3.05) is 23.8 Å². The van der Waals surface area contributed by atoms with Crippen LogP contribution in [0.1, 0.15) is 40.1 Å². The monoisotopic (exact) mass is 419 g/mol. The summed E-state index contributed by atoms with van der Waals surface area (Å²) in [6, 6.07) is 13.8. The number of hydrogen-bond donors (Lipinski definition) is 2. The molecule has 2 aromatic carbocycles. The van der Waals surface area contributed by atoms with Crippen LogP contribution in [-0.2, 0) is 0 Å². The number of pyridine rings is 1. The molecule has 7 nitrogen and oxygen atoms in total. The number of carbonyl (C=O) groups is 2. The van der Waals surface area contributed by atoms with Crippen LogP contribution in [0.5, 0.6) is 11.5 Å². The van der Waals surface area contributed by atoms with Crippen LogP contribution in [0.2, 0.25) is 0 Å². The molecule has 3 aromatic rings. The van der Waals surface area contributed by atoms with Crippen molar-refractivity contribution in [3.05, 3.63) is 77.6 Å². The van der Waals surface area contributed by atoms with Crippen LogP contribution in [0.3, 0.4) is 0 Å². The Morgan fingerprint density at radius 2 is 1.23 bits per heavy atom. The van der Waals surface area contributed by atoms with Gasteiger partial charge in [-0.15, -0.1) is 0 Å². The average Bonchev–Trinajstić information content (AvgIpc) is 2.77. The predicted molar refractivity (Wildman–Crippen MR) is 120 cm³/mol. The Kier molecular flexibility index (Phi) is 7.22. The van der Waals surface area contributed by atoms with Crippen LogP contribution >= 0.6 is 0 Å². The second kappa shape index (κ2) is 10.2. The standard InChI is InChI=1S/C24H25N3O4/c1-4-30-21-15-20(27-24(29)18-10-12-25-13-11-18)22(31-5-2)14-19(21)26-23(28)17-8-6-16(3)7-9-17/h6-15H,4-5H2,1-3H3,(H,26,28)(H,27,29). The molecule has 160 valence electrons. The summed E-state index contributed by atoms with van der Waals surface area (Å²) in [7, 11) is 0. The molecule has 1 heterocycles. The lowest BCUT2D eigenvalue weighted by molar-refractivity contribution is 0.101. The van der Waals surface area contributed by atoms with E-state index in [1.807, 2.05) is 32.9 Å². The van der Waals surface area contributed by atoms with Crippen LogP contribution < -0.4 is 20.1 Å². The van der Waals surface area contributed by atoms with Gasteiger partial charge in [0, 0.05) is 35.7 Å². The lowest BCUT2D eigenvalue weighted by Gasteiger charge is -2.18. The van der Waals surface area contributed by atoms with Gasteiger partial charge in [0.2, 0.25) is 0 Å². The van der Waals surface area contributed by atoms with Gasteiger partial charge in [-0.3, -0.25) is 14.6 Å². The summed E-state index contributed by atoms with van der Waals surface area (Å²) in [6.45, 7) is 6.42. The Morgan fingerprint density at radius 3 is 1.68 bits per heavy atom. The Bertz CT molecular complexity index is 1050. The molecule has 0 saturated carbocycles. The number of benzene rings is 2. The molecular formula is C24H25N3O4. The Hall–Kier alpha value is -3.87. The molecule has 1 aromatic heterocycles. The number of ether oxygens (including phenoxy) is 2. The van der Waals surface area contributed by atoms with Crippen molar-refractivity contribution in [2.45, 2.75) is 20.8 Å². The lowest BCUT2D eigenvalue weighted by Crippen LogP contribution is -2.15. The van der Waals surface area contributed by atoms with Crippen molar-refractivity contribution in [3.8, 4) is 11.5 Å². The number of aromatic nitrogens is 1. The second-order valence-corrected chi connectivity index (χ2v) is 6.72. The first-order valence-electron chi connectivity index (χ1n) is 10.0. The summed E-state index contributed by atoms with van der Waals surface area (Å²) in [5, 5.41) is 5.72. The smallest absolute Gasteiger partial charge is 0.255 e. The molecule has 0 aliphatic rings. The van der Waals surface area contributed by atoms with Gasteiger partial charge >= 0.3 is 0 Å². The average molecular weight is 419 g/mol. The third-order valence-electron chi connectivity index (χ3n) is 4.43. The number of anilines is 2. The summed E-state index contributed by atoms with van der Waals surface area (Å²) < 4.78 is 11.4. The minimum Gasteiger partial charge on any atom is -0.492 e. The maximum Gasteiger partial charge on any atom is 0.255 e. The number of aryl methyl sites for hydroxylation is 1. The van der Waals surface area contributed by atoms with E-state index >= 15 is 0 Å². The van der Waals surface area contributed by atoms with Gasteiger partial charge in [0.25, 0.3) is 11.8 Å². The SMILES string of the molecule is CCOc1cc(NC(=O)c2ccc(C)cc2)c(OCC)cc1NC(=O)c1ccncc1. The van der Waals surface area contributed by atoms with Crippen LogP contribution in [0.4, 0.5) is 11.4 Å². The van der Waals surface area contributed by atoms with E-state index in [-0.39, 0.29) is 11.8 Å². The molecule has 31 heavy (non-hydrogen) atoms. The lowest BCUT2D eigenvalue weighted by atomic mass is 10.1. The first-order valence-corrected chi connectivity index (χ1v) is 10.0. The van der Waals surface area contributed by atoms with E-state index in [9.17, 15) is 9.59 Å². The van der Waals surface area contributed by atoms with E-state index in [0.717, 1.165) is 5.56 Å². The van der Waals surface area contributed by atoms with Gasteiger partial charge in [-0.1, -0.05) is 17.7 Å². The molecule has 0 radical (unpaired) electrons. The molecule has 0 fully saturated rings. The highest BCUT2D eigenvalue weighted by Gasteiger charge is 2.17. The minimum absolute atomic E-state index is 0.267. The molecule has 0 aliphatic carbocycles.